The molecular weight excluding hydrogens is 369 g/mol. The number of amides is 1. The van der Waals surface area contributed by atoms with Gasteiger partial charge in [-0.15, -0.1) is 0 Å². The fourth-order valence-corrected chi connectivity index (χ4v) is 3.52. The average molecular weight is 391 g/mol. The normalized spacial score (nSPS) is 12.3. The number of carbonyl (C=O) groups is 1. The van der Waals surface area contributed by atoms with Crippen LogP contribution in [0.1, 0.15) is 34.1 Å². The number of nitrogens with one attached hydrogen (secondary N) is 1. The summed E-state index contributed by atoms with van der Waals surface area (Å²) in [7, 11) is 1.86. The summed E-state index contributed by atoms with van der Waals surface area (Å²) in [6, 6.07) is 9.62. The Morgan fingerprint density at radius 1 is 1.21 bits per heavy atom. The van der Waals surface area contributed by atoms with Crippen LogP contribution in [0.3, 0.4) is 0 Å². The van der Waals surface area contributed by atoms with Crippen molar-refractivity contribution in [3.05, 3.63) is 89.0 Å². The van der Waals surface area contributed by atoms with Crippen LogP contribution in [0.15, 0.2) is 59.5 Å². The van der Waals surface area contributed by atoms with E-state index in [-0.39, 0.29) is 18.1 Å². The first-order valence-corrected chi connectivity index (χ1v) is 9.42. The van der Waals surface area contributed by atoms with E-state index in [4.69, 9.17) is 4.42 Å². The van der Waals surface area contributed by atoms with Crippen LogP contribution in [0, 0.1) is 19.7 Å². The van der Waals surface area contributed by atoms with E-state index in [0.29, 0.717) is 5.82 Å². The standard InChI is InChI=1S/C23H22FN3O2/c1-14-4-9-19-17(13-29-22(19)15(14)2)12-20(28)26-21(23-25-10-11-27(23)3)16-5-7-18(24)8-6-16/h4-11,13,21H,12H2,1-3H3,(H,26,28)/t21-/m1/s1. The van der Waals surface area contributed by atoms with Gasteiger partial charge in [-0.2, -0.15) is 0 Å². The fraction of sp³-hybridized carbons (Fsp3) is 0.217. The molecule has 0 saturated carbocycles. The number of hydrogen-bond acceptors (Lipinski definition) is 3. The molecular formula is C23H22FN3O2. The molecule has 0 saturated heterocycles. The molecule has 2 aromatic carbocycles. The number of fused-ring (bicyclic) bond motifs is 1. The number of aromatic nitrogens is 2. The van der Waals surface area contributed by atoms with Gasteiger partial charge in [0.25, 0.3) is 0 Å². The summed E-state index contributed by atoms with van der Waals surface area (Å²) in [6.45, 7) is 4.04. The van der Waals surface area contributed by atoms with Crippen molar-refractivity contribution < 1.29 is 13.6 Å². The summed E-state index contributed by atoms with van der Waals surface area (Å²) in [5.74, 6) is 0.186. The molecule has 0 unspecified atom stereocenters. The number of imidazole rings is 1. The maximum Gasteiger partial charge on any atom is 0.225 e. The molecule has 29 heavy (non-hydrogen) atoms. The quantitative estimate of drug-likeness (QED) is 0.550. The van der Waals surface area contributed by atoms with Gasteiger partial charge in [-0.3, -0.25) is 4.79 Å². The summed E-state index contributed by atoms with van der Waals surface area (Å²) < 4.78 is 20.9. The van der Waals surface area contributed by atoms with Gasteiger partial charge in [0.05, 0.1) is 12.7 Å². The van der Waals surface area contributed by atoms with Crippen molar-refractivity contribution in [2.45, 2.75) is 26.3 Å². The summed E-state index contributed by atoms with van der Waals surface area (Å²) in [4.78, 5) is 17.3. The molecule has 4 rings (SSSR count). The molecule has 0 aliphatic heterocycles. The summed E-state index contributed by atoms with van der Waals surface area (Å²) >= 11 is 0. The minimum atomic E-state index is -0.481. The SMILES string of the molecule is Cc1ccc2c(CC(=O)N[C@H](c3ccc(F)cc3)c3nccn3C)coc2c1C. The molecule has 4 aromatic rings. The average Bonchev–Trinajstić information content (AvgIpc) is 3.30. The van der Waals surface area contributed by atoms with Gasteiger partial charge in [0.1, 0.15) is 23.3 Å². The second-order valence-electron chi connectivity index (χ2n) is 7.27. The number of hydrogen-bond donors (Lipinski definition) is 1. The van der Waals surface area contributed by atoms with Crippen LogP contribution < -0.4 is 5.32 Å². The third-order valence-electron chi connectivity index (χ3n) is 5.32. The van der Waals surface area contributed by atoms with E-state index in [2.05, 4.69) is 10.3 Å². The predicted octanol–water partition coefficient (Wildman–Crippen LogP) is 4.37. The van der Waals surface area contributed by atoms with Crippen LogP contribution in [0.25, 0.3) is 11.0 Å². The van der Waals surface area contributed by atoms with Gasteiger partial charge in [-0.1, -0.05) is 24.3 Å². The number of carbonyl (C=O) groups excluding carboxylic acids is 1. The maximum atomic E-state index is 13.4. The summed E-state index contributed by atoms with van der Waals surface area (Å²) in [5.41, 5.74) is 4.63. The second-order valence-corrected chi connectivity index (χ2v) is 7.27. The number of aryl methyl sites for hydroxylation is 3. The highest BCUT2D eigenvalue weighted by molar-refractivity contribution is 5.89. The molecule has 2 heterocycles. The Hall–Kier alpha value is -3.41. The Labute approximate surface area is 168 Å². The molecule has 0 aliphatic carbocycles. The lowest BCUT2D eigenvalue weighted by molar-refractivity contribution is -0.121. The van der Waals surface area contributed by atoms with Gasteiger partial charge in [0, 0.05) is 30.4 Å². The highest BCUT2D eigenvalue weighted by Crippen LogP contribution is 2.27. The molecule has 0 bridgehead atoms. The number of benzene rings is 2. The molecule has 0 spiro atoms. The lowest BCUT2D eigenvalue weighted by atomic mass is 10.0. The predicted molar refractivity (Wildman–Crippen MR) is 109 cm³/mol. The zero-order valence-corrected chi connectivity index (χ0v) is 16.6. The maximum absolute atomic E-state index is 13.4. The zero-order chi connectivity index (χ0) is 20.5. The Morgan fingerprint density at radius 2 is 1.97 bits per heavy atom. The van der Waals surface area contributed by atoms with Gasteiger partial charge in [0.15, 0.2) is 0 Å². The molecule has 1 N–H and O–H groups in total. The fourth-order valence-electron chi connectivity index (χ4n) is 3.52. The first kappa shape index (κ1) is 18.9. The summed E-state index contributed by atoms with van der Waals surface area (Å²) in [5, 5.41) is 3.98. The minimum absolute atomic E-state index is 0.164. The first-order valence-electron chi connectivity index (χ1n) is 9.42. The molecule has 5 nitrogen and oxygen atoms in total. The van der Waals surface area contributed by atoms with Crippen LogP contribution in [0.5, 0.6) is 0 Å². The Kier molecular flexibility index (Phi) is 4.92. The van der Waals surface area contributed by atoms with Gasteiger partial charge in [-0.25, -0.2) is 9.37 Å². The van der Waals surface area contributed by atoms with Crippen LogP contribution in [0.2, 0.25) is 0 Å². The highest BCUT2D eigenvalue weighted by Gasteiger charge is 2.22. The molecule has 1 amide bonds. The van der Waals surface area contributed by atoms with Crippen LogP contribution in [0.4, 0.5) is 4.39 Å². The van der Waals surface area contributed by atoms with E-state index in [1.807, 2.05) is 43.8 Å². The topological polar surface area (TPSA) is 60.1 Å². The summed E-state index contributed by atoms with van der Waals surface area (Å²) in [6.07, 6.45) is 5.31. The lowest BCUT2D eigenvalue weighted by Gasteiger charge is -2.19. The van der Waals surface area contributed by atoms with Crippen molar-refractivity contribution in [3.63, 3.8) is 0 Å². The smallest absolute Gasteiger partial charge is 0.225 e. The van der Waals surface area contributed by atoms with Gasteiger partial charge < -0.3 is 14.3 Å². The lowest BCUT2D eigenvalue weighted by Crippen LogP contribution is -2.32. The van der Waals surface area contributed by atoms with E-state index >= 15 is 0 Å². The minimum Gasteiger partial charge on any atom is -0.464 e. The number of furan rings is 1. The molecule has 1 atom stereocenters. The van der Waals surface area contributed by atoms with Crippen LogP contribution in [-0.4, -0.2) is 15.5 Å². The van der Waals surface area contributed by atoms with E-state index < -0.39 is 6.04 Å². The molecule has 0 aliphatic rings. The molecule has 148 valence electrons. The molecule has 2 aromatic heterocycles. The van der Waals surface area contributed by atoms with Crippen molar-refractivity contribution in [1.29, 1.82) is 0 Å². The number of nitrogens with zero attached hydrogens (tertiary/aromatic N) is 2. The zero-order valence-electron chi connectivity index (χ0n) is 16.6. The third kappa shape index (κ3) is 3.66. The van der Waals surface area contributed by atoms with Crippen molar-refractivity contribution >= 4 is 16.9 Å². The van der Waals surface area contributed by atoms with E-state index in [0.717, 1.165) is 33.2 Å². The van der Waals surface area contributed by atoms with Gasteiger partial charge in [0.2, 0.25) is 5.91 Å². The molecule has 0 radical (unpaired) electrons. The second kappa shape index (κ2) is 7.54. The molecule has 0 fully saturated rings. The Balaban J connectivity index is 1.61. The van der Waals surface area contributed by atoms with E-state index in [9.17, 15) is 9.18 Å². The van der Waals surface area contributed by atoms with Crippen LogP contribution >= 0.6 is 0 Å². The van der Waals surface area contributed by atoms with E-state index in [1.165, 1.54) is 12.1 Å². The van der Waals surface area contributed by atoms with Crippen molar-refractivity contribution in [3.8, 4) is 0 Å². The largest absolute Gasteiger partial charge is 0.464 e. The number of halogens is 1. The first-order chi connectivity index (χ1) is 13.9. The van der Waals surface area contributed by atoms with Gasteiger partial charge in [-0.05, 0) is 42.7 Å². The van der Waals surface area contributed by atoms with Crippen molar-refractivity contribution in [2.24, 2.45) is 7.05 Å². The highest BCUT2D eigenvalue weighted by atomic mass is 19.1. The van der Waals surface area contributed by atoms with Crippen LogP contribution in [-0.2, 0) is 18.3 Å². The van der Waals surface area contributed by atoms with Crippen molar-refractivity contribution in [1.82, 2.24) is 14.9 Å². The Morgan fingerprint density at radius 3 is 2.66 bits per heavy atom. The Bertz CT molecular complexity index is 1170. The number of rotatable bonds is 5. The van der Waals surface area contributed by atoms with E-state index in [1.54, 1.807) is 24.6 Å². The monoisotopic (exact) mass is 391 g/mol. The molecule has 6 heteroatoms. The third-order valence-corrected chi connectivity index (χ3v) is 5.32. The van der Waals surface area contributed by atoms with Crippen molar-refractivity contribution in [2.75, 3.05) is 0 Å². The van der Waals surface area contributed by atoms with Gasteiger partial charge >= 0.3 is 0 Å².